The smallest absolute Gasteiger partial charge is 0.124 e. The molecule has 2 aromatic carbocycles. The molecule has 20 heavy (non-hydrogen) atoms. The summed E-state index contributed by atoms with van der Waals surface area (Å²) < 4.78 is 13.5. The van der Waals surface area contributed by atoms with Gasteiger partial charge in [-0.25, -0.2) is 4.39 Å². The molecule has 2 rings (SSSR count). The Bertz CT molecular complexity index is 549. The number of hydrogen-bond acceptors (Lipinski definition) is 1. The van der Waals surface area contributed by atoms with Crippen molar-refractivity contribution in [1.29, 1.82) is 0 Å². The second-order valence-corrected chi connectivity index (χ2v) is 5.35. The average molecular weight is 294 g/mol. The highest BCUT2D eigenvalue weighted by atomic mass is 35.5. The lowest BCUT2D eigenvalue weighted by Gasteiger charge is -2.08. The van der Waals surface area contributed by atoms with Gasteiger partial charge in [-0.2, -0.15) is 0 Å². The van der Waals surface area contributed by atoms with Gasteiger partial charge in [0.1, 0.15) is 5.82 Å². The molecule has 0 aliphatic carbocycles. The second kappa shape index (κ2) is 7.41. The van der Waals surface area contributed by atoms with Crippen LogP contribution < -0.4 is 5.73 Å². The quantitative estimate of drug-likeness (QED) is 0.878. The van der Waals surface area contributed by atoms with Crippen molar-refractivity contribution >= 4 is 12.4 Å². The first-order chi connectivity index (χ1) is 9.08. The van der Waals surface area contributed by atoms with Crippen LogP contribution in [0.25, 0.3) is 11.1 Å². The van der Waals surface area contributed by atoms with E-state index in [0.29, 0.717) is 12.5 Å². The van der Waals surface area contributed by atoms with Crippen molar-refractivity contribution in [2.24, 2.45) is 11.7 Å². The first-order valence-electron chi connectivity index (χ1n) is 6.67. The maximum absolute atomic E-state index is 13.5. The van der Waals surface area contributed by atoms with Crippen molar-refractivity contribution in [2.45, 2.75) is 26.8 Å². The van der Waals surface area contributed by atoms with Crippen LogP contribution in [0.2, 0.25) is 0 Å². The lowest BCUT2D eigenvalue weighted by molar-refractivity contribution is 0.626. The summed E-state index contributed by atoms with van der Waals surface area (Å²) in [5.41, 5.74) is 9.63. The summed E-state index contributed by atoms with van der Waals surface area (Å²) >= 11 is 0. The van der Waals surface area contributed by atoms with Gasteiger partial charge >= 0.3 is 0 Å². The normalized spacial score (nSPS) is 10.4. The van der Waals surface area contributed by atoms with Crippen molar-refractivity contribution in [1.82, 2.24) is 0 Å². The fourth-order valence-corrected chi connectivity index (χ4v) is 2.24. The molecular formula is C17H21ClFN. The van der Waals surface area contributed by atoms with Gasteiger partial charge in [-0.05, 0) is 52.8 Å². The summed E-state index contributed by atoms with van der Waals surface area (Å²) in [6, 6.07) is 13.3. The third-order valence-corrected chi connectivity index (χ3v) is 3.12. The monoisotopic (exact) mass is 293 g/mol. The molecule has 0 saturated carbocycles. The third-order valence-electron chi connectivity index (χ3n) is 3.12. The number of halogens is 2. The van der Waals surface area contributed by atoms with E-state index in [4.69, 9.17) is 5.73 Å². The first kappa shape index (κ1) is 16.7. The highest BCUT2D eigenvalue weighted by Crippen LogP contribution is 2.23. The molecule has 0 saturated heterocycles. The Kier molecular flexibility index (Phi) is 6.18. The fraction of sp³-hybridized carbons (Fsp3) is 0.294. The molecule has 0 unspecified atom stereocenters. The van der Waals surface area contributed by atoms with Gasteiger partial charge in [0.25, 0.3) is 0 Å². The van der Waals surface area contributed by atoms with Gasteiger partial charge in [0.15, 0.2) is 0 Å². The minimum absolute atomic E-state index is 0. The summed E-state index contributed by atoms with van der Waals surface area (Å²) in [6.07, 6.45) is 1.07. The highest BCUT2D eigenvalue weighted by molar-refractivity contribution is 5.85. The molecule has 0 fully saturated rings. The summed E-state index contributed by atoms with van der Waals surface area (Å²) in [6.45, 7) is 4.76. The largest absolute Gasteiger partial charge is 0.326 e. The summed E-state index contributed by atoms with van der Waals surface area (Å²) in [5.74, 6) is 0.410. The molecule has 108 valence electrons. The molecule has 0 radical (unpaired) electrons. The second-order valence-electron chi connectivity index (χ2n) is 5.35. The molecule has 0 aliphatic heterocycles. The third kappa shape index (κ3) is 4.32. The molecule has 0 atom stereocenters. The molecule has 2 aromatic rings. The lowest BCUT2D eigenvalue weighted by atomic mass is 9.98. The highest BCUT2D eigenvalue weighted by Gasteiger charge is 2.04. The van der Waals surface area contributed by atoms with Crippen LogP contribution in [-0.4, -0.2) is 0 Å². The number of benzene rings is 2. The number of nitrogens with two attached hydrogens (primary N) is 1. The van der Waals surface area contributed by atoms with Crippen molar-refractivity contribution in [3.05, 3.63) is 59.4 Å². The van der Waals surface area contributed by atoms with E-state index in [2.05, 4.69) is 26.0 Å². The van der Waals surface area contributed by atoms with Crippen LogP contribution in [0.3, 0.4) is 0 Å². The van der Waals surface area contributed by atoms with E-state index in [1.807, 2.05) is 18.2 Å². The Morgan fingerprint density at radius 3 is 2.15 bits per heavy atom. The van der Waals surface area contributed by atoms with E-state index in [1.165, 1.54) is 11.6 Å². The minimum atomic E-state index is -0.232. The Hall–Kier alpha value is -1.38. The molecule has 0 amide bonds. The van der Waals surface area contributed by atoms with Crippen LogP contribution in [0.15, 0.2) is 42.5 Å². The van der Waals surface area contributed by atoms with Crippen LogP contribution in [0, 0.1) is 11.7 Å². The van der Waals surface area contributed by atoms with Crippen LogP contribution >= 0.6 is 12.4 Å². The van der Waals surface area contributed by atoms with Gasteiger partial charge in [0.2, 0.25) is 0 Å². The summed E-state index contributed by atoms with van der Waals surface area (Å²) in [5, 5.41) is 0. The van der Waals surface area contributed by atoms with E-state index < -0.39 is 0 Å². The molecule has 1 nitrogen and oxygen atoms in total. The van der Waals surface area contributed by atoms with E-state index >= 15 is 0 Å². The van der Waals surface area contributed by atoms with Gasteiger partial charge in [0, 0.05) is 6.54 Å². The van der Waals surface area contributed by atoms with E-state index in [-0.39, 0.29) is 18.2 Å². The fourth-order valence-electron chi connectivity index (χ4n) is 2.24. The predicted octanol–water partition coefficient (Wildman–Crippen LogP) is 4.57. The van der Waals surface area contributed by atoms with E-state index in [1.54, 1.807) is 6.07 Å². The van der Waals surface area contributed by atoms with E-state index in [9.17, 15) is 4.39 Å². The van der Waals surface area contributed by atoms with Crippen LogP contribution in [0.4, 0.5) is 4.39 Å². The number of rotatable bonds is 4. The molecule has 0 heterocycles. The average Bonchev–Trinajstić information content (AvgIpc) is 2.38. The molecular weight excluding hydrogens is 273 g/mol. The molecule has 0 aliphatic rings. The Labute approximate surface area is 126 Å². The lowest BCUT2D eigenvalue weighted by Crippen LogP contribution is -1.97. The van der Waals surface area contributed by atoms with E-state index in [0.717, 1.165) is 23.1 Å². The zero-order chi connectivity index (χ0) is 13.8. The summed E-state index contributed by atoms with van der Waals surface area (Å²) in [4.78, 5) is 0. The standard InChI is InChI=1S/C17H20FN.ClH/c1-12(2)7-13-3-5-15(6-4-13)16-8-14(11-19)9-17(18)10-16;/h3-6,8-10,12H,7,11,19H2,1-2H3;1H. The SMILES string of the molecule is CC(C)Cc1ccc(-c2cc(F)cc(CN)c2)cc1.Cl. The van der Waals surface area contributed by atoms with Gasteiger partial charge in [0.05, 0.1) is 0 Å². The molecule has 2 N–H and O–H groups in total. The topological polar surface area (TPSA) is 26.0 Å². The zero-order valence-electron chi connectivity index (χ0n) is 11.9. The van der Waals surface area contributed by atoms with Crippen LogP contribution in [0.5, 0.6) is 0 Å². The van der Waals surface area contributed by atoms with Gasteiger partial charge < -0.3 is 5.73 Å². The minimum Gasteiger partial charge on any atom is -0.326 e. The Balaban J connectivity index is 0.00000200. The van der Waals surface area contributed by atoms with Gasteiger partial charge in [-0.15, -0.1) is 12.4 Å². The van der Waals surface area contributed by atoms with Crippen molar-refractivity contribution < 1.29 is 4.39 Å². The zero-order valence-corrected chi connectivity index (χ0v) is 12.7. The first-order valence-corrected chi connectivity index (χ1v) is 6.67. The molecule has 0 aromatic heterocycles. The maximum atomic E-state index is 13.5. The number of hydrogen-bond donors (Lipinski definition) is 1. The van der Waals surface area contributed by atoms with Crippen molar-refractivity contribution in [3.8, 4) is 11.1 Å². The molecule has 3 heteroatoms. The van der Waals surface area contributed by atoms with Gasteiger partial charge in [-0.1, -0.05) is 38.1 Å². The Morgan fingerprint density at radius 1 is 0.950 bits per heavy atom. The molecule has 0 bridgehead atoms. The Morgan fingerprint density at radius 2 is 1.60 bits per heavy atom. The predicted molar refractivity (Wildman–Crippen MR) is 85.5 cm³/mol. The van der Waals surface area contributed by atoms with Crippen molar-refractivity contribution in [3.63, 3.8) is 0 Å². The van der Waals surface area contributed by atoms with Gasteiger partial charge in [-0.3, -0.25) is 0 Å². The van der Waals surface area contributed by atoms with Crippen molar-refractivity contribution in [2.75, 3.05) is 0 Å². The molecule has 0 spiro atoms. The van der Waals surface area contributed by atoms with Crippen LogP contribution in [-0.2, 0) is 13.0 Å². The maximum Gasteiger partial charge on any atom is 0.124 e. The van der Waals surface area contributed by atoms with Crippen LogP contribution in [0.1, 0.15) is 25.0 Å². The summed E-state index contributed by atoms with van der Waals surface area (Å²) in [7, 11) is 0.